The highest BCUT2D eigenvalue weighted by atomic mass is 16.4. The quantitative estimate of drug-likeness (QED) is 0.0456. The Bertz CT molecular complexity index is 3130. The molecule has 0 aromatic heterocycles. The number of carboxylic acids is 4. The van der Waals surface area contributed by atoms with Gasteiger partial charge >= 0.3 is 23.9 Å². The van der Waals surface area contributed by atoms with Gasteiger partial charge in [-0.2, -0.15) is 0 Å². The molecule has 17 N–H and O–H groups in total. The number of aliphatic carboxylic acids is 4. The molecule has 3 saturated heterocycles. The molecule has 3 aliphatic rings. The van der Waals surface area contributed by atoms with E-state index in [1.807, 2.05) is 16.0 Å². The fourth-order valence-corrected chi connectivity index (χ4v) is 11.6. The second-order valence-electron chi connectivity index (χ2n) is 25.8. The van der Waals surface area contributed by atoms with Crippen LogP contribution in [-0.2, 0) is 76.7 Å². The number of anilines is 1. The Morgan fingerprint density at radius 2 is 1.06 bits per heavy atom. The smallest absolute Gasteiger partial charge is 0.308 e. The van der Waals surface area contributed by atoms with Crippen molar-refractivity contribution in [2.45, 2.75) is 230 Å². The first-order chi connectivity index (χ1) is 47.2. The lowest BCUT2D eigenvalue weighted by molar-refractivity contribution is -0.150. The van der Waals surface area contributed by atoms with Gasteiger partial charge < -0.3 is 94.4 Å². The number of benzene rings is 1. The number of nitrogens with zero attached hydrogens (tertiary/aromatic N) is 2. The van der Waals surface area contributed by atoms with E-state index in [2.05, 4.69) is 49.5 Å². The van der Waals surface area contributed by atoms with E-state index in [4.69, 9.17) is 5.73 Å². The fourth-order valence-electron chi connectivity index (χ4n) is 11.6. The maximum Gasteiger partial charge on any atom is 0.308 e. The van der Waals surface area contributed by atoms with Gasteiger partial charge in [0.15, 0.2) is 0 Å². The van der Waals surface area contributed by atoms with Crippen molar-refractivity contribution in [1.29, 1.82) is 0 Å². The van der Waals surface area contributed by atoms with E-state index in [0.29, 0.717) is 12.1 Å². The van der Waals surface area contributed by atoms with Crippen molar-refractivity contribution in [2.24, 2.45) is 17.6 Å². The molecule has 35 heteroatoms. The second-order valence-corrected chi connectivity index (χ2v) is 25.8. The van der Waals surface area contributed by atoms with Crippen molar-refractivity contribution in [3.8, 4) is 0 Å². The number of rotatable bonds is 26. The molecule has 35 nitrogen and oxygen atoms in total. The number of piperidine rings is 1. The standard InChI is InChI=1S/C65H98N14O21/c1-7-8-9-10-11-12-13-14-15-16-22-45(80)70-39-25-23-38(24-26-39)55(89)72-42(31-50(87)88)58(92)77-54-37(6)69-59(93)44-21-19-28-79(44)63(97)51(34(2)3)75-62(96)53(36(5)66)74-47(82)33-68-56(90)40(29-48(83)84)71-46(81)32-67-57(91)41(30-49(85)86)73-61(95)52(35(4)65(99)100)76-60(94)43-20-17-18-27-78(43)64(54)98/h23-26,34-37,40-44,51-54H,7-22,27-33,66H2,1-6H3,(H,67,91)(H,68,90)(H,69,93)(H,70,80)(H,71,81)(H,72,89)(H,73,95)(H,74,82)(H,75,96)(H,76,94)(H,77,92)(H,83,84)(H,85,86)(H,87,88)(H,99,100). The van der Waals surface area contributed by atoms with Gasteiger partial charge in [0.1, 0.15) is 54.4 Å². The van der Waals surface area contributed by atoms with Crippen LogP contribution in [0.25, 0.3) is 0 Å². The summed E-state index contributed by atoms with van der Waals surface area (Å²) in [5.41, 5.74) is 6.37. The molecule has 100 heavy (non-hydrogen) atoms. The summed E-state index contributed by atoms with van der Waals surface area (Å²) in [5.74, 6) is -23.4. The Kier molecular flexibility index (Phi) is 33.8. The van der Waals surface area contributed by atoms with Gasteiger partial charge in [0.05, 0.1) is 44.3 Å². The number of carbonyl (C=O) groups excluding carboxylic acids is 13. The Morgan fingerprint density at radius 3 is 1.60 bits per heavy atom. The largest absolute Gasteiger partial charge is 0.481 e. The number of hydrogen-bond donors (Lipinski definition) is 16. The molecule has 12 unspecified atom stereocenters. The summed E-state index contributed by atoms with van der Waals surface area (Å²) < 4.78 is 0. The molecule has 1 aromatic carbocycles. The number of carboxylic acid groups (broad SMARTS) is 4. The average molecular weight is 1410 g/mol. The van der Waals surface area contributed by atoms with E-state index in [1.54, 1.807) is 13.8 Å². The molecule has 0 spiro atoms. The average Bonchev–Trinajstić information content (AvgIpc) is 1.20. The monoisotopic (exact) mass is 1410 g/mol. The van der Waals surface area contributed by atoms with Gasteiger partial charge in [-0.15, -0.1) is 0 Å². The highest BCUT2D eigenvalue weighted by Gasteiger charge is 2.45. The third-order valence-corrected chi connectivity index (χ3v) is 17.3. The Morgan fingerprint density at radius 1 is 0.560 bits per heavy atom. The first-order valence-corrected chi connectivity index (χ1v) is 33.9. The van der Waals surface area contributed by atoms with Gasteiger partial charge in [-0.3, -0.25) is 81.5 Å². The zero-order valence-corrected chi connectivity index (χ0v) is 57.3. The highest BCUT2D eigenvalue weighted by molar-refractivity contribution is 6.03. The molecule has 0 bridgehead atoms. The van der Waals surface area contributed by atoms with Crippen LogP contribution in [-0.4, -0.2) is 224 Å². The predicted octanol–water partition coefficient (Wildman–Crippen LogP) is -1.79. The van der Waals surface area contributed by atoms with E-state index in [9.17, 15) is 97.1 Å². The van der Waals surface area contributed by atoms with Crippen LogP contribution in [0.1, 0.15) is 174 Å². The minimum Gasteiger partial charge on any atom is -0.481 e. The topological polar surface area (TPSA) is 536 Å². The van der Waals surface area contributed by atoms with Crippen LogP contribution in [0.3, 0.4) is 0 Å². The van der Waals surface area contributed by atoms with Crippen molar-refractivity contribution in [2.75, 3.05) is 31.5 Å². The van der Waals surface area contributed by atoms with Crippen molar-refractivity contribution in [1.82, 2.24) is 63.0 Å². The lowest BCUT2D eigenvalue weighted by atomic mass is 9.96. The third-order valence-electron chi connectivity index (χ3n) is 17.3. The van der Waals surface area contributed by atoms with Gasteiger partial charge in [-0.05, 0) is 89.5 Å². The normalized spacial score (nSPS) is 23.9. The number of nitrogens with one attached hydrogen (secondary N) is 11. The summed E-state index contributed by atoms with van der Waals surface area (Å²) in [6, 6.07) is -13.5. The zero-order valence-electron chi connectivity index (χ0n) is 57.3. The Balaban J connectivity index is 1.75. The van der Waals surface area contributed by atoms with Crippen LogP contribution in [0, 0.1) is 11.8 Å². The molecule has 12 atom stereocenters. The number of nitrogens with two attached hydrogens (primary N) is 1. The van der Waals surface area contributed by atoms with Crippen molar-refractivity contribution in [3.05, 3.63) is 29.8 Å². The number of amides is 13. The molecule has 3 aliphatic heterocycles. The summed E-state index contributed by atoms with van der Waals surface area (Å²) in [5, 5.41) is 65.2. The maximum absolute atomic E-state index is 15.3. The van der Waals surface area contributed by atoms with Gasteiger partial charge in [-0.25, -0.2) is 0 Å². The molecular formula is C65H98N14O21. The predicted molar refractivity (Wildman–Crippen MR) is 354 cm³/mol. The highest BCUT2D eigenvalue weighted by Crippen LogP contribution is 2.24. The minimum absolute atomic E-state index is 0.00561. The van der Waals surface area contributed by atoms with Gasteiger partial charge in [0.2, 0.25) is 70.9 Å². The molecule has 3 fully saturated rings. The summed E-state index contributed by atoms with van der Waals surface area (Å²) in [6.07, 6.45) is 8.01. The second kappa shape index (κ2) is 40.9. The molecule has 1 aromatic rings. The van der Waals surface area contributed by atoms with Crippen LogP contribution >= 0.6 is 0 Å². The molecule has 554 valence electrons. The van der Waals surface area contributed by atoms with E-state index in [1.165, 1.54) is 70.2 Å². The SMILES string of the molecule is CCCCCCCCCCCCC(=O)Nc1ccc(C(=O)NC(CC(=O)O)C(=O)NC2C(=O)N3CCCCC3C(=O)NC(C(C)C(=O)O)C(=O)NC(CC(=O)O)C(=O)NCC(=O)NC(CC(=O)O)C(=O)NCC(=O)NC(C(C)N)C(=O)NC(C(C)C)C(=O)N3CCCC3C(=O)NC2C)cc1. The molecule has 13 amide bonds. The molecule has 3 heterocycles. The first-order valence-electron chi connectivity index (χ1n) is 33.9. The number of carbonyl (C=O) groups is 17. The summed E-state index contributed by atoms with van der Waals surface area (Å²) in [6.45, 7) is 6.38. The fraction of sp³-hybridized carbons (Fsp3) is 0.646. The van der Waals surface area contributed by atoms with E-state index in [-0.39, 0.29) is 63.1 Å². The minimum atomic E-state index is -2.17. The van der Waals surface area contributed by atoms with Crippen LogP contribution in [0.5, 0.6) is 0 Å². The molecular weight excluding hydrogens is 1310 g/mol. The summed E-state index contributed by atoms with van der Waals surface area (Å²) in [7, 11) is 0. The maximum atomic E-state index is 15.3. The summed E-state index contributed by atoms with van der Waals surface area (Å²) >= 11 is 0. The lowest BCUT2D eigenvalue weighted by Crippen LogP contribution is -2.66. The Labute approximate surface area is 578 Å². The van der Waals surface area contributed by atoms with Crippen LogP contribution < -0.4 is 64.2 Å². The van der Waals surface area contributed by atoms with Crippen LogP contribution in [0.4, 0.5) is 5.69 Å². The van der Waals surface area contributed by atoms with Gasteiger partial charge in [-0.1, -0.05) is 78.6 Å². The molecule has 0 saturated carbocycles. The van der Waals surface area contributed by atoms with Crippen LogP contribution in [0.15, 0.2) is 24.3 Å². The number of unbranched alkanes of at least 4 members (excludes halogenated alkanes) is 9. The zero-order chi connectivity index (χ0) is 74.5. The van der Waals surface area contributed by atoms with Crippen LogP contribution in [0.2, 0.25) is 0 Å². The molecule has 0 radical (unpaired) electrons. The lowest BCUT2D eigenvalue weighted by Gasteiger charge is -2.39. The summed E-state index contributed by atoms with van der Waals surface area (Å²) in [4.78, 5) is 233. The van der Waals surface area contributed by atoms with Gasteiger partial charge in [0.25, 0.3) is 5.91 Å². The molecule has 0 aliphatic carbocycles. The van der Waals surface area contributed by atoms with Crippen molar-refractivity contribution in [3.63, 3.8) is 0 Å². The third kappa shape index (κ3) is 26.4. The number of fused-ring (bicyclic) bond motifs is 2. The van der Waals surface area contributed by atoms with Gasteiger partial charge in [0, 0.05) is 36.8 Å². The van der Waals surface area contributed by atoms with E-state index in [0.717, 1.165) is 42.4 Å². The van der Waals surface area contributed by atoms with E-state index < -0.39 is 205 Å². The van der Waals surface area contributed by atoms with E-state index >= 15 is 4.79 Å². The Hall–Kier alpha value is -9.83. The van der Waals surface area contributed by atoms with Crippen molar-refractivity contribution >= 4 is 106 Å². The van der Waals surface area contributed by atoms with Crippen molar-refractivity contribution < 1.29 is 102 Å². The molecule has 4 rings (SSSR count). The first kappa shape index (κ1) is 82.6. The number of hydrogen-bond acceptors (Lipinski definition) is 18.